The molecule has 1 aliphatic rings. The Kier molecular flexibility index (Phi) is 7.94. The van der Waals surface area contributed by atoms with Crippen molar-refractivity contribution in [2.24, 2.45) is 0 Å². The highest BCUT2D eigenvalue weighted by molar-refractivity contribution is 7.89. The zero-order chi connectivity index (χ0) is 19.5. The Morgan fingerprint density at radius 3 is 2.19 bits per heavy atom. The number of nitriles is 1. The highest BCUT2D eigenvalue weighted by atomic mass is 35.5. The molecule has 1 unspecified atom stereocenters. The number of piperazine rings is 1. The standard InChI is InChI=1S/C14H15F5N4O2S.ClH/c15-10-5-9(7-20)6-11(16)13(10)26(24,25)22-8-12(14(17,18)19)23-3-1-21-2-4-23;/h5-6,12,21-22H,1-4,8H2;1H. The van der Waals surface area contributed by atoms with Gasteiger partial charge in [-0.25, -0.2) is 21.9 Å². The number of hydrogen-bond acceptors (Lipinski definition) is 5. The van der Waals surface area contributed by atoms with Gasteiger partial charge in [0.25, 0.3) is 0 Å². The summed E-state index contributed by atoms with van der Waals surface area (Å²) < 4.78 is 93.3. The Hall–Kier alpha value is -1.52. The van der Waals surface area contributed by atoms with Gasteiger partial charge in [0.05, 0.1) is 11.6 Å². The zero-order valence-electron chi connectivity index (χ0n) is 13.7. The summed E-state index contributed by atoms with van der Waals surface area (Å²) in [5.74, 6) is -3.11. The normalized spacial score (nSPS) is 17.0. The van der Waals surface area contributed by atoms with Crippen LogP contribution in [0.5, 0.6) is 0 Å². The van der Waals surface area contributed by atoms with Crippen LogP contribution in [-0.2, 0) is 10.0 Å². The van der Waals surface area contributed by atoms with Gasteiger partial charge in [-0.1, -0.05) is 0 Å². The molecule has 1 saturated heterocycles. The summed E-state index contributed by atoms with van der Waals surface area (Å²) in [6, 6.07) is 0.299. The van der Waals surface area contributed by atoms with Crippen molar-refractivity contribution in [3.05, 3.63) is 29.3 Å². The maximum atomic E-state index is 13.9. The highest BCUT2D eigenvalue weighted by Crippen LogP contribution is 2.26. The van der Waals surface area contributed by atoms with E-state index in [-0.39, 0.29) is 25.5 Å². The molecule has 2 N–H and O–H groups in total. The molecule has 0 radical (unpaired) electrons. The minimum atomic E-state index is -4.89. The van der Waals surface area contributed by atoms with Crippen LogP contribution in [0.4, 0.5) is 22.0 Å². The van der Waals surface area contributed by atoms with Gasteiger partial charge >= 0.3 is 6.18 Å². The fraction of sp³-hybridized carbons (Fsp3) is 0.500. The lowest BCUT2D eigenvalue weighted by Gasteiger charge is -2.35. The second kappa shape index (κ2) is 9.11. The molecule has 0 spiro atoms. The van der Waals surface area contributed by atoms with Crippen molar-refractivity contribution in [2.75, 3.05) is 32.7 Å². The van der Waals surface area contributed by atoms with Crippen LogP contribution in [-0.4, -0.2) is 58.3 Å². The van der Waals surface area contributed by atoms with E-state index in [1.807, 2.05) is 0 Å². The summed E-state index contributed by atoms with van der Waals surface area (Å²) in [4.78, 5) is -0.373. The number of benzene rings is 1. The predicted octanol–water partition coefficient (Wildman–Crippen LogP) is 1.37. The third-order valence-electron chi connectivity index (χ3n) is 3.83. The minimum absolute atomic E-state index is 0. The quantitative estimate of drug-likeness (QED) is 0.684. The van der Waals surface area contributed by atoms with E-state index in [0.717, 1.165) is 4.90 Å². The Balaban J connectivity index is 0.00000364. The third-order valence-corrected chi connectivity index (χ3v) is 5.31. The van der Waals surface area contributed by atoms with Gasteiger partial charge in [-0.15, -0.1) is 12.4 Å². The number of nitrogens with zero attached hydrogens (tertiary/aromatic N) is 2. The lowest BCUT2D eigenvalue weighted by molar-refractivity contribution is -0.182. The van der Waals surface area contributed by atoms with E-state index < -0.39 is 50.9 Å². The molecule has 6 nitrogen and oxygen atoms in total. The first-order chi connectivity index (χ1) is 12.1. The largest absolute Gasteiger partial charge is 0.405 e. The average molecular weight is 435 g/mol. The Labute approximate surface area is 158 Å². The van der Waals surface area contributed by atoms with Gasteiger partial charge in [0.15, 0.2) is 4.90 Å². The molecule has 13 heteroatoms. The second-order valence-corrected chi connectivity index (χ2v) is 7.28. The van der Waals surface area contributed by atoms with Gasteiger partial charge in [-0.2, -0.15) is 18.4 Å². The van der Waals surface area contributed by atoms with Gasteiger partial charge in [0.2, 0.25) is 10.0 Å². The number of halogens is 6. The first-order valence-corrected chi connectivity index (χ1v) is 8.95. The maximum absolute atomic E-state index is 13.9. The summed E-state index contributed by atoms with van der Waals surface area (Å²) >= 11 is 0. The Morgan fingerprint density at radius 2 is 1.74 bits per heavy atom. The summed E-state index contributed by atoms with van der Waals surface area (Å²) in [6.45, 7) is -0.391. The Morgan fingerprint density at radius 1 is 1.22 bits per heavy atom. The molecule has 2 rings (SSSR count). The molecule has 0 bridgehead atoms. The summed E-state index contributed by atoms with van der Waals surface area (Å²) in [5, 5.41) is 11.5. The SMILES string of the molecule is Cl.N#Cc1cc(F)c(S(=O)(=O)NCC(N2CCNCC2)C(F)(F)F)c(F)c1. The van der Waals surface area contributed by atoms with Crippen molar-refractivity contribution in [3.63, 3.8) is 0 Å². The molecule has 0 saturated carbocycles. The Bertz CT molecular complexity index is 784. The van der Waals surface area contributed by atoms with Crippen LogP contribution in [0.3, 0.4) is 0 Å². The lowest BCUT2D eigenvalue weighted by atomic mass is 10.2. The number of sulfonamides is 1. The van der Waals surface area contributed by atoms with Gasteiger partial charge in [0.1, 0.15) is 17.7 Å². The number of rotatable bonds is 5. The van der Waals surface area contributed by atoms with Gasteiger partial charge in [-0.05, 0) is 12.1 Å². The second-order valence-electron chi connectivity index (χ2n) is 5.58. The van der Waals surface area contributed by atoms with Crippen LogP contribution < -0.4 is 10.0 Å². The van der Waals surface area contributed by atoms with Crippen molar-refractivity contribution in [3.8, 4) is 6.07 Å². The topological polar surface area (TPSA) is 85.2 Å². The molecule has 0 aromatic heterocycles. The lowest BCUT2D eigenvalue weighted by Crippen LogP contribution is -2.57. The fourth-order valence-corrected chi connectivity index (χ4v) is 3.74. The van der Waals surface area contributed by atoms with E-state index >= 15 is 0 Å². The fourth-order valence-electron chi connectivity index (χ4n) is 2.59. The van der Waals surface area contributed by atoms with E-state index in [9.17, 15) is 30.4 Å². The molecule has 1 atom stereocenters. The maximum Gasteiger partial charge on any atom is 0.405 e. The minimum Gasteiger partial charge on any atom is -0.314 e. The van der Waals surface area contributed by atoms with Crippen LogP contribution in [0.2, 0.25) is 0 Å². The van der Waals surface area contributed by atoms with Crippen LogP contribution in [0, 0.1) is 23.0 Å². The van der Waals surface area contributed by atoms with E-state index in [4.69, 9.17) is 5.26 Å². The molecule has 0 amide bonds. The molecule has 27 heavy (non-hydrogen) atoms. The first kappa shape index (κ1) is 23.5. The van der Waals surface area contributed by atoms with Crippen molar-refractivity contribution in [1.29, 1.82) is 5.26 Å². The molecule has 0 aliphatic carbocycles. The molecule has 1 heterocycles. The zero-order valence-corrected chi connectivity index (χ0v) is 15.3. The van der Waals surface area contributed by atoms with E-state index in [1.54, 1.807) is 4.72 Å². The van der Waals surface area contributed by atoms with Gasteiger partial charge in [0, 0.05) is 32.7 Å². The predicted molar refractivity (Wildman–Crippen MR) is 87.8 cm³/mol. The first-order valence-electron chi connectivity index (χ1n) is 7.46. The molecular formula is C14H16ClF5N4O2S. The van der Waals surface area contributed by atoms with Crippen molar-refractivity contribution < 1.29 is 30.4 Å². The van der Waals surface area contributed by atoms with Crippen LogP contribution in [0.15, 0.2) is 17.0 Å². The summed E-state index contributed by atoms with van der Waals surface area (Å²) in [6.07, 6.45) is -4.73. The number of nitrogens with one attached hydrogen (secondary N) is 2. The number of hydrogen-bond donors (Lipinski definition) is 2. The van der Waals surface area contributed by atoms with Gasteiger partial charge in [-0.3, -0.25) is 4.90 Å². The molecular weight excluding hydrogens is 419 g/mol. The third kappa shape index (κ3) is 5.73. The molecule has 1 aromatic rings. The van der Waals surface area contributed by atoms with Crippen molar-refractivity contribution >= 4 is 22.4 Å². The summed E-state index contributed by atoms with van der Waals surface area (Å²) in [7, 11) is -4.89. The summed E-state index contributed by atoms with van der Waals surface area (Å²) in [5.41, 5.74) is -0.451. The van der Waals surface area contributed by atoms with Gasteiger partial charge < -0.3 is 5.32 Å². The van der Waals surface area contributed by atoms with E-state index in [1.165, 1.54) is 6.07 Å². The van der Waals surface area contributed by atoms with Crippen LogP contribution in [0.25, 0.3) is 0 Å². The van der Waals surface area contributed by atoms with Crippen LogP contribution in [0.1, 0.15) is 5.56 Å². The highest BCUT2D eigenvalue weighted by Gasteiger charge is 2.44. The van der Waals surface area contributed by atoms with Crippen molar-refractivity contribution in [2.45, 2.75) is 17.1 Å². The molecule has 1 aliphatic heterocycles. The molecule has 1 fully saturated rings. The smallest absolute Gasteiger partial charge is 0.314 e. The average Bonchev–Trinajstić information content (AvgIpc) is 2.53. The molecule has 1 aromatic carbocycles. The molecule has 152 valence electrons. The van der Waals surface area contributed by atoms with E-state index in [0.29, 0.717) is 25.2 Å². The number of alkyl halides is 3. The monoisotopic (exact) mass is 434 g/mol. The van der Waals surface area contributed by atoms with E-state index in [2.05, 4.69) is 5.32 Å². The van der Waals surface area contributed by atoms with Crippen LogP contribution >= 0.6 is 12.4 Å². The van der Waals surface area contributed by atoms with Crippen molar-refractivity contribution in [1.82, 2.24) is 14.9 Å².